The summed E-state index contributed by atoms with van der Waals surface area (Å²) >= 11 is 0. The number of nitrogens with one attached hydrogen (secondary N) is 2. The van der Waals surface area contributed by atoms with E-state index in [0.717, 1.165) is 6.42 Å². The molecule has 0 bridgehead atoms. The van der Waals surface area contributed by atoms with Gasteiger partial charge in [0.05, 0.1) is 10.9 Å². The Morgan fingerprint density at radius 1 is 1.21 bits per heavy atom. The lowest BCUT2D eigenvalue weighted by Crippen LogP contribution is -2.49. The van der Waals surface area contributed by atoms with Gasteiger partial charge in [0.25, 0.3) is 0 Å². The van der Waals surface area contributed by atoms with E-state index in [9.17, 15) is 13.2 Å². The van der Waals surface area contributed by atoms with Gasteiger partial charge in [0.1, 0.15) is 0 Å². The zero-order valence-electron chi connectivity index (χ0n) is 14.5. The van der Waals surface area contributed by atoms with Gasteiger partial charge < -0.3 is 10.6 Å². The standard InChI is InChI=1S/C17H27N3O3S/c1-11-5-4-6-16(12(11)2)19-13(3)17(21)20-14-7-9-15(10-8-14)24(18,22)23/h7-13,16,19H,4-6H2,1-3H3,(H,20,21)(H2,18,22,23). The Morgan fingerprint density at radius 2 is 1.83 bits per heavy atom. The number of hydrogen-bond donors (Lipinski definition) is 3. The highest BCUT2D eigenvalue weighted by Crippen LogP contribution is 2.29. The fraction of sp³-hybridized carbons (Fsp3) is 0.588. The van der Waals surface area contributed by atoms with Crippen LogP contribution in [0.1, 0.15) is 40.0 Å². The molecule has 1 fully saturated rings. The number of nitrogens with two attached hydrogens (primary N) is 1. The van der Waals surface area contributed by atoms with E-state index in [1.54, 1.807) is 0 Å². The third-order valence-electron chi connectivity index (χ3n) is 5.01. The molecule has 24 heavy (non-hydrogen) atoms. The predicted molar refractivity (Wildman–Crippen MR) is 95.0 cm³/mol. The normalized spacial score (nSPS) is 25.9. The van der Waals surface area contributed by atoms with E-state index < -0.39 is 10.0 Å². The number of amides is 1. The number of rotatable bonds is 5. The minimum Gasteiger partial charge on any atom is -0.325 e. The lowest BCUT2D eigenvalue weighted by atomic mass is 9.78. The van der Waals surface area contributed by atoms with Gasteiger partial charge in [0.15, 0.2) is 0 Å². The third kappa shape index (κ3) is 4.78. The molecule has 134 valence electrons. The average molecular weight is 353 g/mol. The fourth-order valence-corrected chi connectivity index (χ4v) is 3.71. The lowest BCUT2D eigenvalue weighted by Gasteiger charge is -2.36. The summed E-state index contributed by atoms with van der Waals surface area (Å²) in [6, 6.07) is 5.87. The number of benzene rings is 1. The van der Waals surface area contributed by atoms with Crippen molar-refractivity contribution in [2.75, 3.05) is 5.32 Å². The Hall–Kier alpha value is -1.44. The molecule has 0 aliphatic heterocycles. The van der Waals surface area contributed by atoms with Crippen molar-refractivity contribution in [3.05, 3.63) is 24.3 Å². The van der Waals surface area contributed by atoms with Crippen LogP contribution in [-0.4, -0.2) is 26.4 Å². The van der Waals surface area contributed by atoms with E-state index in [-0.39, 0.29) is 16.8 Å². The number of primary sulfonamides is 1. The predicted octanol–water partition coefficient (Wildman–Crippen LogP) is 2.08. The highest BCUT2D eigenvalue weighted by Gasteiger charge is 2.29. The van der Waals surface area contributed by atoms with Crippen LogP contribution >= 0.6 is 0 Å². The van der Waals surface area contributed by atoms with Crippen LogP contribution in [-0.2, 0) is 14.8 Å². The maximum atomic E-state index is 12.3. The summed E-state index contributed by atoms with van der Waals surface area (Å²) < 4.78 is 22.5. The molecule has 1 saturated carbocycles. The molecule has 1 aromatic carbocycles. The minimum atomic E-state index is -3.72. The smallest absolute Gasteiger partial charge is 0.241 e. The summed E-state index contributed by atoms with van der Waals surface area (Å²) in [5.74, 6) is 1.07. The second kappa shape index (κ2) is 7.63. The first-order valence-corrected chi connectivity index (χ1v) is 9.93. The molecule has 1 aliphatic carbocycles. The highest BCUT2D eigenvalue weighted by atomic mass is 32.2. The Kier molecular flexibility index (Phi) is 6.01. The van der Waals surface area contributed by atoms with E-state index in [0.29, 0.717) is 23.6 Å². The number of carbonyl (C=O) groups excluding carboxylic acids is 1. The lowest BCUT2D eigenvalue weighted by molar-refractivity contribution is -0.118. The molecule has 1 aliphatic rings. The largest absolute Gasteiger partial charge is 0.325 e. The SMILES string of the molecule is CC(NC1CCCC(C)C1C)C(=O)Nc1ccc(S(N)(=O)=O)cc1. The van der Waals surface area contributed by atoms with E-state index in [1.807, 2.05) is 6.92 Å². The van der Waals surface area contributed by atoms with Gasteiger partial charge in [-0.25, -0.2) is 13.6 Å². The summed E-state index contributed by atoms with van der Waals surface area (Å²) in [6.45, 7) is 6.34. The van der Waals surface area contributed by atoms with Crippen LogP contribution in [0.3, 0.4) is 0 Å². The maximum Gasteiger partial charge on any atom is 0.241 e. The molecule has 0 heterocycles. The molecule has 1 aromatic rings. The molecule has 4 N–H and O–H groups in total. The molecule has 1 amide bonds. The topological polar surface area (TPSA) is 101 Å². The van der Waals surface area contributed by atoms with Gasteiger partial charge in [0.2, 0.25) is 15.9 Å². The van der Waals surface area contributed by atoms with Crippen LogP contribution in [0, 0.1) is 11.8 Å². The van der Waals surface area contributed by atoms with Crippen molar-refractivity contribution < 1.29 is 13.2 Å². The number of hydrogen-bond acceptors (Lipinski definition) is 4. The van der Waals surface area contributed by atoms with Crippen molar-refractivity contribution in [1.29, 1.82) is 0 Å². The summed E-state index contributed by atoms with van der Waals surface area (Å²) in [7, 11) is -3.72. The highest BCUT2D eigenvalue weighted by molar-refractivity contribution is 7.89. The molecule has 4 unspecified atom stereocenters. The van der Waals surface area contributed by atoms with Crippen molar-refractivity contribution >= 4 is 21.6 Å². The van der Waals surface area contributed by atoms with Crippen LogP contribution in [0.25, 0.3) is 0 Å². The maximum absolute atomic E-state index is 12.3. The minimum absolute atomic E-state index is 0.0247. The van der Waals surface area contributed by atoms with Gasteiger partial charge in [-0.3, -0.25) is 4.79 Å². The molecule has 0 saturated heterocycles. The second-order valence-corrected chi connectivity index (χ2v) is 8.38. The quantitative estimate of drug-likeness (QED) is 0.754. The van der Waals surface area contributed by atoms with Crippen molar-refractivity contribution in [2.45, 2.75) is 57.0 Å². The van der Waals surface area contributed by atoms with Gasteiger partial charge in [-0.1, -0.05) is 26.7 Å². The van der Waals surface area contributed by atoms with Gasteiger partial charge in [-0.05, 0) is 49.4 Å². The number of sulfonamides is 1. The molecular formula is C17H27N3O3S. The van der Waals surface area contributed by atoms with E-state index in [4.69, 9.17) is 5.14 Å². The molecule has 7 heteroatoms. The number of anilines is 1. The molecule has 6 nitrogen and oxygen atoms in total. The Morgan fingerprint density at radius 3 is 2.42 bits per heavy atom. The van der Waals surface area contributed by atoms with E-state index in [2.05, 4.69) is 24.5 Å². The van der Waals surface area contributed by atoms with Crippen LogP contribution in [0.5, 0.6) is 0 Å². The molecule has 2 rings (SSSR count). The Bertz CT molecular complexity index is 673. The monoisotopic (exact) mass is 353 g/mol. The third-order valence-corrected chi connectivity index (χ3v) is 5.94. The van der Waals surface area contributed by atoms with Crippen molar-refractivity contribution in [3.63, 3.8) is 0 Å². The van der Waals surface area contributed by atoms with Crippen molar-refractivity contribution in [2.24, 2.45) is 17.0 Å². The van der Waals surface area contributed by atoms with Crippen LogP contribution in [0.4, 0.5) is 5.69 Å². The molecule has 0 radical (unpaired) electrons. The summed E-state index contributed by atoms with van der Waals surface area (Å²) in [4.78, 5) is 12.4. The van der Waals surface area contributed by atoms with Crippen molar-refractivity contribution in [3.8, 4) is 0 Å². The van der Waals surface area contributed by atoms with Crippen molar-refractivity contribution in [1.82, 2.24) is 5.32 Å². The zero-order chi connectivity index (χ0) is 17.9. The van der Waals surface area contributed by atoms with E-state index in [1.165, 1.54) is 37.1 Å². The van der Waals surface area contributed by atoms with Crippen LogP contribution in [0.15, 0.2) is 29.2 Å². The second-order valence-electron chi connectivity index (χ2n) is 6.82. The fourth-order valence-electron chi connectivity index (χ4n) is 3.19. The first kappa shape index (κ1) is 18.9. The summed E-state index contributed by atoms with van der Waals surface area (Å²) in [5, 5.41) is 11.3. The number of carbonyl (C=O) groups is 1. The Labute approximate surface area is 144 Å². The first-order chi connectivity index (χ1) is 11.2. The molecule has 0 spiro atoms. The molecule has 0 aromatic heterocycles. The molecular weight excluding hydrogens is 326 g/mol. The molecule has 4 atom stereocenters. The van der Waals surface area contributed by atoms with Gasteiger partial charge in [-0.15, -0.1) is 0 Å². The first-order valence-electron chi connectivity index (χ1n) is 8.38. The summed E-state index contributed by atoms with van der Waals surface area (Å²) in [5.41, 5.74) is 0.547. The van der Waals surface area contributed by atoms with E-state index >= 15 is 0 Å². The van der Waals surface area contributed by atoms with Crippen LogP contribution in [0.2, 0.25) is 0 Å². The summed E-state index contributed by atoms with van der Waals surface area (Å²) in [6.07, 6.45) is 3.52. The van der Waals surface area contributed by atoms with Gasteiger partial charge in [0, 0.05) is 11.7 Å². The zero-order valence-corrected chi connectivity index (χ0v) is 15.3. The van der Waals surface area contributed by atoms with Gasteiger partial charge >= 0.3 is 0 Å². The average Bonchev–Trinajstić information content (AvgIpc) is 2.51. The van der Waals surface area contributed by atoms with Crippen LogP contribution < -0.4 is 15.8 Å². The Balaban J connectivity index is 1.94. The van der Waals surface area contributed by atoms with Gasteiger partial charge in [-0.2, -0.15) is 0 Å².